The Kier molecular flexibility index (Phi) is 11.3. The van der Waals surface area contributed by atoms with Gasteiger partial charge < -0.3 is 26.6 Å². The Morgan fingerprint density at radius 2 is 1.59 bits per heavy atom. The number of carbonyl (C=O) groups is 5. The van der Waals surface area contributed by atoms with Gasteiger partial charge in [-0.05, 0) is 55.5 Å². The van der Waals surface area contributed by atoms with Crippen LogP contribution in [0.4, 0.5) is 5.69 Å². The molecule has 7 N–H and O–H groups in total. The van der Waals surface area contributed by atoms with Gasteiger partial charge >= 0.3 is 0 Å². The molecule has 2 aliphatic rings. The van der Waals surface area contributed by atoms with Crippen molar-refractivity contribution in [3.63, 3.8) is 0 Å². The van der Waals surface area contributed by atoms with Crippen LogP contribution < -0.4 is 21.7 Å². The lowest BCUT2D eigenvalue weighted by molar-refractivity contribution is -0.136. The summed E-state index contributed by atoms with van der Waals surface area (Å²) in [6.45, 7) is 1.20. The standard InChI is InChI=1S/C32H41N5O7/c33-22(18-20-12-14-25(38)26(39)19-20)29(41)35-17-8-6-4-2-1-3-5-7-16-34-23-11-9-10-21-28(23)32(44)37(31(21)43)24-13-15-27(40)36-30(24)42/h9-12,14,19,22,24,34,38-39H,1-8,13,15-18,33H2,(H,35,41)(H,36,40,42)/t22-,24?/m0/s1. The highest BCUT2D eigenvalue weighted by molar-refractivity contribution is 6.25. The number of fused-ring (bicyclic) bond motifs is 1. The zero-order valence-corrected chi connectivity index (χ0v) is 24.8. The first kappa shape index (κ1) is 32.5. The Labute approximate surface area is 256 Å². The van der Waals surface area contributed by atoms with E-state index >= 15 is 0 Å². The lowest BCUT2D eigenvalue weighted by Crippen LogP contribution is -2.54. The molecule has 0 bridgehead atoms. The number of phenols is 2. The number of unbranched alkanes of at least 4 members (excludes halogenated alkanes) is 7. The molecule has 12 nitrogen and oxygen atoms in total. The maximum Gasteiger partial charge on any atom is 0.264 e. The fraction of sp³-hybridized carbons (Fsp3) is 0.469. The van der Waals surface area contributed by atoms with Gasteiger partial charge in [-0.2, -0.15) is 0 Å². The van der Waals surface area contributed by atoms with Crippen LogP contribution in [0.25, 0.3) is 0 Å². The average Bonchev–Trinajstić information content (AvgIpc) is 3.25. The van der Waals surface area contributed by atoms with E-state index in [2.05, 4.69) is 16.0 Å². The van der Waals surface area contributed by atoms with Crippen LogP contribution in [-0.4, -0.2) is 69.8 Å². The first-order valence-electron chi connectivity index (χ1n) is 15.3. The number of hydrogen-bond acceptors (Lipinski definition) is 9. The van der Waals surface area contributed by atoms with E-state index in [1.54, 1.807) is 24.3 Å². The predicted molar refractivity (Wildman–Crippen MR) is 163 cm³/mol. The summed E-state index contributed by atoms with van der Waals surface area (Å²) in [5.74, 6) is -2.74. The zero-order valence-electron chi connectivity index (χ0n) is 24.8. The number of benzene rings is 2. The molecule has 0 aliphatic carbocycles. The molecule has 5 amide bonds. The van der Waals surface area contributed by atoms with Crippen LogP contribution in [-0.2, 0) is 20.8 Å². The van der Waals surface area contributed by atoms with Gasteiger partial charge in [0.1, 0.15) is 6.04 Å². The smallest absolute Gasteiger partial charge is 0.264 e. The number of amides is 5. The summed E-state index contributed by atoms with van der Waals surface area (Å²) in [7, 11) is 0. The van der Waals surface area contributed by atoms with Gasteiger partial charge in [-0.15, -0.1) is 0 Å². The van der Waals surface area contributed by atoms with E-state index in [4.69, 9.17) is 5.73 Å². The Hall–Kier alpha value is -4.45. The molecule has 0 spiro atoms. The Balaban J connectivity index is 1.06. The Morgan fingerprint density at radius 3 is 2.27 bits per heavy atom. The third-order valence-corrected chi connectivity index (χ3v) is 8.02. The van der Waals surface area contributed by atoms with Crippen LogP contribution >= 0.6 is 0 Å². The van der Waals surface area contributed by atoms with Crippen molar-refractivity contribution in [3.05, 3.63) is 53.1 Å². The molecule has 0 saturated carbocycles. The largest absolute Gasteiger partial charge is 0.504 e. The van der Waals surface area contributed by atoms with Crippen molar-refractivity contribution in [1.82, 2.24) is 15.5 Å². The van der Waals surface area contributed by atoms with E-state index in [1.807, 2.05) is 0 Å². The number of rotatable bonds is 16. The highest BCUT2D eigenvalue weighted by Crippen LogP contribution is 2.32. The van der Waals surface area contributed by atoms with Crippen molar-refractivity contribution in [2.45, 2.75) is 82.7 Å². The number of aromatic hydroxyl groups is 2. The number of carbonyl (C=O) groups excluding carboxylic acids is 5. The minimum Gasteiger partial charge on any atom is -0.504 e. The van der Waals surface area contributed by atoms with Crippen molar-refractivity contribution >= 4 is 35.2 Å². The van der Waals surface area contributed by atoms with Gasteiger partial charge in [0.25, 0.3) is 11.8 Å². The predicted octanol–water partition coefficient (Wildman–Crippen LogP) is 2.72. The molecule has 2 aromatic carbocycles. The van der Waals surface area contributed by atoms with E-state index in [9.17, 15) is 34.2 Å². The van der Waals surface area contributed by atoms with Crippen LogP contribution in [0.1, 0.15) is 90.5 Å². The van der Waals surface area contributed by atoms with Crippen molar-refractivity contribution in [3.8, 4) is 11.5 Å². The molecule has 2 atom stereocenters. The second-order valence-corrected chi connectivity index (χ2v) is 11.4. The maximum absolute atomic E-state index is 13.2. The third kappa shape index (κ3) is 8.13. The second kappa shape index (κ2) is 15.3. The molecule has 2 heterocycles. The van der Waals surface area contributed by atoms with Crippen LogP contribution in [0, 0.1) is 0 Å². The first-order valence-corrected chi connectivity index (χ1v) is 15.3. The molecular formula is C32H41N5O7. The molecule has 44 heavy (non-hydrogen) atoms. The van der Waals surface area contributed by atoms with Gasteiger partial charge in [-0.1, -0.05) is 50.7 Å². The summed E-state index contributed by atoms with van der Waals surface area (Å²) in [6.07, 6.45) is 8.62. The summed E-state index contributed by atoms with van der Waals surface area (Å²) in [5, 5.41) is 27.3. The minimum absolute atomic E-state index is 0.0833. The zero-order chi connectivity index (χ0) is 31.6. The minimum atomic E-state index is -0.982. The van der Waals surface area contributed by atoms with Crippen molar-refractivity contribution in [2.75, 3.05) is 18.4 Å². The monoisotopic (exact) mass is 607 g/mol. The number of nitrogens with zero attached hydrogens (tertiary/aromatic N) is 1. The summed E-state index contributed by atoms with van der Waals surface area (Å²) in [4.78, 5) is 63.1. The van der Waals surface area contributed by atoms with Crippen molar-refractivity contribution in [2.24, 2.45) is 5.73 Å². The number of piperidine rings is 1. The number of hydrogen-bond donors (Lipinski definition) is 6. The second-order valence-electron chi connectivity index (χ2n) is 11.4. The number of imide groups is 2. The summed E-state index contributed by atoms with van der Waals surface area (Å²) < 4.78 is 0. The normalized spacial score (nSPS) is 16.9. The molecule has 1 unspecified atom stereocenters. The Bertz CT molecular complexity index is 1400. The van der Waals surface area contributed by atoms with Crippen LogP contribution in [0.2, 0.25) is 0 Å². The molecule has 0 radical (unpaired) electrons. The molecule has 4 rings (SSSR count). The third-order valence-electron chi connectivity index (χ3n) is 8.02. The van der Waals surface area contributed by atoms with E-state index in [-0.39, 0.29) is 47.8 Å². The molecule has 0 aromatic heterocycles. The van der Waals surface area contributed by atoms with E-state index < -0.39 is 35.7 Å². The van der Waals surface area contributed by atoms with Gasteiger partial charge in [0.15, 0.2) is 11.5 Å². The van der Waals surface area contributed by atoms with Gasteiger partial charge in [0.2, 0.25) is 17.7 Å². The fourth-order valence-corrected chi connectivity index (χ4v) is 5.58. The van der Waals surface area contributed by atoms with Crippen molar-refractivity contribution in [1.29, 1.82) is 0 Å². The molecule has 1 fully saturated rings. The van der Waals surface area contributed by atoms with Crippen LogP contribution in [0.15, 0.2) is 36.4 Å². The van der Waals surface area contributed by atoms with Gasteiger partial charge in [0, 0.05) is 25.2 Å². The van der Waals surface area contributed by atoms with E-state index in [0.29, 0.717) is 24.3 Å². The summed E-state index contributed by atoms with van der Waals surface area (Å²) >= 11 is 0. The Morgan fingerprint density at radius 1 is 0.909 bits per heavy atom. The average molecular weight is 608 g/mol. The quantitative estimate of drug-likeness (QED) is 0.0946. The maximum atomic E-state index is 13.2. The van der Waals surface area contributed by atoms with Gasteiger partial charge in [0.05, 0.1) is 17.2 Å². The first-order chi connectivity index (χ1) is 21.2. The lowest BCUT2D eigenvalue weighted by Gasteiger charge is -2.27. The highest BCUT2D eigenvalue weighted by Gasteiger charge is 2.45. The van der Waals surface area contributed by atoms with Crippen LogP contribution in [0.3, 0.4) is 0 Å². The summed E-state index contributed by atoms with van der Waals surface area (Å²) in [6, 6.07) is 7.74. The number of nitrogens with one attached hydrogen (secondary N) is 3. The van der Waals surface area contributed by atoms with Gasteiger partial charge in [-0.25, -0.2) is 0 Å². The highest BCUT2D eigenvalue weighted by atomic mass is 16.3. The van der Waals surface area contributed by atoms with Gasteiger partial charge in [-0.3, -0.25) is 34.2 Å². The molecule has 2 aromatic rings. The lowest BCUT2D eigenvalue weighted by atomic mass is 10.0. The molecular weight excluding hydrogens is 566 g/mol. The van der Waals surface area contributed by atoms with Crippen molar-refractivity contribution < 1.29 is 34.2 Å². The number of phenolic OH excluding ortho intramolecular Hbond substituents is 2. The fourth-order valence-electron chi connectivity index (χ4n) is 5.58. The van der Waals surface area contributed by atoms with Crippen LogP contribution in [0.5, 0.6) is 11.5 Å². The molecule has 1 saturated heterocycles. The topological polar surface area (TPSA) is 191 Å². The summed E-state index contributed by atoms with van der Waals surface area (Å²) in [5.41, 5.74) is 7.75. The molecule has 12 heteroatoms. The van der Waals surface area contributed by atoms with E-state index in [1.165, 1.54) is 12.1 Å². The number of anilines is 1. The SMILES string of the molecule is N[C@@H](Cc1ccc(O)c(O)c1)C(=O)NCCCCCCCCCCNc1cccc2c1C(=O)N(C1CCC(=O)NC1=O)C2=O. The number of nitrogens with two attached hydrogens (primary N) is 1. The molecule has 236 valence electrons. The molecule has 2 aliphatic heterocycles. The van der Waals surface area contributed by atoms with E-state index in [0.717, 1.165) is 56.3 Å².